The van der Waals surface area contributed by atoms with Gasteiger partial charge in [0.25, 0.3) is 0 Å². The standard InChI is InChI=1S/C18H21FN2O/c1-14-7-9-16(10-8-14)13-21-18(22)20-11-3-5-15-4-2-6-17(19)12-15/h2,4,6-10,12H,3,5,11,13H2,1H3,(H2,20,21,22). The second kappa shape index (κ2) is 8.17. The highest BCUT2D eigenvalue weighted by molar-refractivity contribution is 5.73. The van der Waals surface area contributed by atoms with E-state index in [1.54, 1.807) is 6.07 Å². The average molecular weight is 300 g/mol. The van der Waals surface area contributed by atoms with Crippen LogP contribution in [0, 0.1) is 12.7 Å². The highest BCUT2D eigenvalue weighted by Crippen LogP contribution is 2.05. The maximum Gasteiger partial charge on any atom is 0.315 e. The van der Waals surface area contributed by atoms with Gasteiger partial charge in [-0.15, -0.1) is 0 Å². The van der Waals surface area contributed by atoms with Crippen LogP contribution in [0.4, 0.5) is 9.18 Å². The summed E-state index contributed by atoms with van der Waals surface area (Å²) < 4.78 is 13.0. The van der Waals surface area contributed by atoms with Gasteiger partial charge in [-0.2, -0.15) is 0 Å². The van der Waals surface area contributed by atoms with Crippen LogP contribution in [-0.2, 0) is 13.0 Å². The van der Waals surface area contributed by atoms with Crippen LogP contribution in [0.25, 0.3) is 0 Å². The topological polar surface area (TPSA) is 41.1 Å². The van der Waals surface area contributed by atoms with Gasteiger partial charge in [-0.1, -0.05) is 42.0 Å². The lowest BCUT2D eigenvalue weighted by Crippen LogP contribution is -2.35. The summed E-state index contributed by atoms with van der Waals surface area (Å²) in [5, 5.41) is 5.62. The van der Waals surface area contributed by atoms with Crippen molar-refractivity contribution in [3.63, 3.8) is 0 Å². The molecule has 0 unspecified atom stereocenters. The SMILES string of the molecule is Cc1ccc(CNC(=O)NCCCc2cccc(F)c2)cc1. The first-order valence-corrected chi connectivity index (χ1v) is 7.45. The van der Waals surface area contributed by atoms with Crippen LogP contribution >= 0.6 is 0 Å². The zero-order chi connectivity index (χ0) is 15.8. The molecule has 0 radical (unpaired) electrons. The van der Waals surface area contributed by atoms with E-state index in [0.29, 0.717) is 13.1 Å². The minimum absolute atomic E-state index is 0.181. The largest absolute Gasteiger partial charge is 0.338 e. The van der Waals surface area contributed by atoms with Gasteiger partial charge in [0.2, 0.25) is 0 Å². The van der Waals surface area contributed by atoms with Crippen molar-refractivity contribution in [3.05, 3.63) is 71.0 Å². The smallest absolute Gasteiger partial charge is 0.315 e. The van der Waals surface area contributed by atoms with E-state index in [4.69, 9.17) is 0 Å². The van der Waals surface area contributed by atoms with E-state index >= 15 is 0 Å². The number of benzene rings is 2. The molecule has 22 heavy (non-hydrogen) atoms. The van der Waals surface area contributed by atoms with Gasteiger partial charge in [0.15, 0.2) is 0 Å². The first-order valence-electron chi connectivity index (χ1n) is 7.45. The Kier molecular flexibility index (Phi) is 5.95. The molecule has 0 saturated heterocycles. The van der Waals surface area contributed by atoms with Crippen LogP contribution in [0.3, 0.4) is 0 Å². The Morgan fingerprint density at radius 1 is 1.05 bits per heavy atom. The van der Waals surface area contributed by atoms with Crippen molar-refractivity contribution in [1.29, 1.82) is 0 Å². The molecule has 0 aliphatic rings. The van der Waals surface area contributed by atoms with Gasteiger partial charge in [-0.05, 0) is 43.0 Å². The van der Waals surface area contributed by atoms with Crippen LogP contribution in [0.15, 0.2) is 48.5 Å². The monoisotopic (exact) mass is 300 g/mol. The molecule has 2 aromatic carbocycles. The number of aryl methyl sites for hydroxylation is 2. The van der Waals surface area contributed by atoms with Crippen LogP contribution in [-0.4, -0.2) is 12.6 Å². The Morgan fingerprint density at radius 3 is 2.55 bits per heavy atom. The van der Waals surface area contributed by atoms with Gasteiger partial charge < -0.3 is 10.6 Å². The predicted octanol–water partition coefficient (Wildman–Crippen LogP) is 3.57. The summed E-state index contributed by atoms with van der Waals surface area (Å²) in [6.45, 7) is 3.11. The molecule has 116 valence electrons. The lowest BCUT2D eigenvalue weighted by atomic mass is 10.1. The molecule has 0 aliphatic heterocycles. The second-order valence-corrected chi connectivity index (χ2v) is 5.33. The molecule has 2 rings (SSSR count). The number of nitrogens with one attached hydrogen (secondary N) is 2. The predicted molar refractivity (Wildman–Crippen MR) is 86.1 cm³/mol. The van der Waals surface area contributed by atoms with Crippen LogP contribution < -0.4 is 10.6 Å². The Labute approximate surface area is 130 Å². The average Bonchev–Trinajstić information content (AvgIpc) is 2.51. The van der Waals surface area contributed by atoms with Crippen LogP contribution in [0.2, 0.25) is 0 Å². The van der Waals surface area contributed by atoms with Gasteiger partial charge >= 0.3 is 6.03 Å². The van der Waals surface area contributed by atoms with E-state index < -0.39 is 0 Å². The fraction of sp³-hybridized carbons (Fsp3) is 0.278. The van der Waals surface area contributed by atoms with E-state index in [0.717, 1.165) is 24.0 Å². The molecule has 0 spiro atoms. The van der Waals surface area contributed by atoms with Crippen molar-refractivity contribution in [2.24, 2.45) is 0 Å². The second-order valence-electron chi connectivity index (χ2n) is 5.33. The molecular weight excluding hydrogens is 279 g/mol. The van der Waals surface area contributed by atoms with E-state index in [9.17, 15) is 9.18 Å². The maximum absolute atomic E-state index is 13.0. The quantitative estimate of drug-likeness (QED) is 0.787. The van der Waals surface area contributed by atoms with Crippen LogP contribution in [0.1, 0.15) is 23.1 Å². The number of carbonyl (C=O) groups is 1. The normalized spacial score (nSPS) is 10.3. The molecule has 0 atom stereocenters. The molecule has 0 aromatic heterocycles. The highest BCUT2D eigenvalue weighted by atomic mass is 19.1. The number of hydrogen-bond acceptors (Lipinski definition) is 1. The van der Waals surface area contributed by atoms with Crippen molar-refractivity contribution in [2.75, 3.05) is 6.54 Å². The van der Waals surface area contributed by atoms with Gasteiger partial charge in [-0.25, -0.2) is 9.18 Å². The van der Waals surface area contributed by atoms with Crippen molar-refractivity contribution < 1.29 is 9.18 Å². The molecule has 3 nitrogen and oxygen atoms in total. The molecule has 2 amide bonds. The third-order valence-corrected chi connectivity index (χ3v) is 3.39. The number of amides is 2. The number of rotatable bonds is 6. The van der Waals surface area contributed by atoms with Gasteiger partial charge in [-0.3, -0.25) is 0 Å². The zero-order valence-electron chi connectivity index (χ0n) is 12.7. The van der Waals surface area contributed by atoms with Crippen molar-refractivity contribution in [1.82, 2.24) is 10.6 Å². The minimum Gasteiger partial charge on any atom is -0.338 e. The third kappa shape index (κ3) is 5.56. The van der Waals surface area contributed by atoms with Gasteiger partial charge in [0.1, 0.15) is 5.82 Å². The first-order chi connectivity index (χ1) is 10.6. The molecule has 0 bridgehead atoms. The molecule has 0 heterocycles. The lowest BCUT2D eigenvalue weighted by molar-refractivity contribution is 0.240. The van der Waals surface area contributed by atoms with E-state index in [2.05, 4.69) is 10.6 Å². The molecule has 2 N–H and O–H groups in total. The molecule has 2 aromatic rings. The van der Waals surface area contributed by atoms with E-state index in [1.165, 1.54) is 17.7 Å². The fourth-order valence-electron chi connectivity index (χ4n) is 2.14. The minimum atomic E-state index is -0.221. The summed E-state index contributed by atoms with van der Waals surface area (Å²) in [5.74, 6) is -0.221. The number of urea groups is 1. The Balaban J connectivity index is 1.62. The summed E-state index contributed by atoms with van der Waals surface area (Å²) >= 11 is 0. The summed E-state index contributed by atoms with van der Waals surface area (Å²) in [7, 11) is 0. The summed E-state index contributed by atoms with van der Waals surface area (Å²) in [4.78, 5) is 11.7. The van der Waals surface area contributed by atoms with Crippen molar-refractivity contribution in [3.8, 4) is 0 Å². The van der Waals surface area contributed by atoms with Crippen LogP contribution in [0.5, 0.6) is 0 Å². The Bertz CT molecular complexity index is 611. The molecule has 0 fully saturated rings. The van der Waals surface area contributed by atoms with E-state index in [-0.39, 0.29) is 11.8 Å². The number of halogens is 1. The summed E-state index contributed by atoms with van der Waals surface area (Å²) in [6, 6.07) is 14.4. The first kappa shape index (κ1) is 16.0. The Morgan fingerprint density at radius 2 is 1.82 bits per heavy atom. The third-order valence-electron chi connectivity index (χ3n) is 3.39. The summed E-state index contributed by atoms with van der Waals surface area (Å²) in [6.07, 6.45) is 1.53. The summed E-state index contributed by atoms with van der Waals surface area (Å²) in [5.41, 5.74) is 3.22. The highest BCUT2D eigenvalue weighted by Gasteiger charge is 2.00. The van der Waals surface area contributed by atoms with Crippen molar-refractivity contribution >= 4 is 6.03 Å². The van der Waals surface area contributed by atoms with E-state index in [1.807, 2.05) is 37.3 Å². The Hall–Kier alpha value is -2.36. The maximum atomic E-state index is 13.0. The molecule has 0 aliphatic carbocycles. The molecule has 0 saturated carbocycles. The lowest BCUT2D eigenvalue weighted by Gasteiger charge is -2.08. The number of hydrogen-bond donors (Lipinski definition) is 2. The molecule has 4 heteroatoms. The van der Waals surface area contributed by atoms with Gasteiger partial charge in [0, 0.05) is 13.1 Å². The van der Waals surface area contributed by atoms with Crippen molar-refractivity contribution in [2.45, 2.75) is 26.3 Å². The molecular formula is C18H21FN2O. The fourth-order valence-corrected chi connectivity index (χ4v) is 2.14. The number of carbonyl (C=O) groups excluding carboxylic acids is 1. The zero-order valence-corrected chi connectivity index (χ0v) is 12.7. The van der Waals surface area contributed by atoms with Gasteiger partial charge in [0.05, 0.1) is 0 Å².